The maximum absolute atomic E-state index is 13.8. The summed E-state index contributed by atoms with van der Waals surface area (Å²) in [6.45, 7) is 1.03. The highest BCUT2D eigenvalue weighted by molar-refractivity contribution is 7.89. The van der Waals surface area contributed by atoms with Crippen molar-refractivity contribution in [2.24, 2.45) is 0 Å². The second-order valence-corrected chi connectivity index (χ2v) is 6.94. The van der Waals surface area contributed by atoms with Gasteiger partial charge in [-0.2, -0.15) is 0 Å². The van der Waals surface area contributed by atoms with E-state index in [0.717, 1.165) is 25.0 Å². The van der Waals surface area contributed by atoms with Crippen molar-refractivity contribution in [1.29, 1.82) is 0 Å². The van der Waals surface area contributed by atoms with Gasteiger partial charge in [-0.1, -0.05) is 0 Å². The molecule has 0 bridgehead atoms. The molecular formula is C14H21ClFN3O4S. The van der Waals surface area contributed by atoms with E-state index < -0.39 is 20.7 Å². The second kappa shape index (κ2) is 9.28. The van der Waals surface area contributed by atoms with Crippen LogP contribution in [0.3, 0.4) is 0 Å². The summed E-state index contributed by atoms with van der Waals surface area (Å²) in [5, 5.41) is 5.38. The number of halogens is 2. The highest BCUT2D eigenvalue weighted by Crippen LogP contribution is 2.25. The Bertz CT molecular complexity index is 668. The minimum atomic E-state index is -3.92. The molecule has 136 valence electrons. The Hall–Kier alpha value is -1.26. The van der Waals surface area contributed by atoms with Gasteiger partial charge in [-0.15, -0.1) is 12.4 Å². The van der Waals surface area contributed by atoms with Crippen molar-refractivity contribution in [3.63, 3.8) is 0 Å². The van der Waals surface area contributed by atoms with Crippen molar-refractivity contribution in [3.8, 4) is 0 Å². The average Bonchev–Trinajstić information content (AvgIpc) is 3.29. The summed E-state index contributed by atoms with van der Waals surface area (Å²) in [6.07, 6.45) is 1.51. The Kier molecular flexibility index (Phi) is 8.04. The number of benzene rings is 1. The molecule has 0 radical (unpaired) electrons. The molecule has 0 atom stereocenters. The highest BCUT2D eigenvalue weighted by atomic mass is 35.5. The lowest BCUT2D eigenvalue weighted by Crippen LogP contribution is -2.30. The molecule has 7 nitrogen and oxygen atoms in total. The molecule has 0 saturated heterocycles. The van der Waals surface area contributed by atoms with Crippen LogP contribution in [0.15, 0.2) is 23.1 Å². The van der Waals surface area contributed by atoms with E-state index in [1.54, 1.807) is 7.11 Å². The fourth-order valence-electron chi connectivity index (χ4n) is 1.85. The summed E-state index contributed by atoms with van der Waals surface area (Å²) < 4.78 is 45.2. The topological polar surface area (TPSA) is 96.5 Å². The predicted octanol–water partition coefficient (Wildman–Crippen LogP) is 0.863. The molecule has 3 N–H and O–H groups in total. The van der Waals surface area contributed by atoms with Crippen LogP contribution in [0.4, 0.5) is 10.1 Å². The summed E-state index contributed by atoms with van der Waals surface area (Å²) >= 11 is 0. The van der Waals surface area contributed by atoms with E-state index >= 15 is 0 Å². The SMILES string of the molecule is COCCNCC(=O)Nc1ccc(F)c(S(=O)(=O)NC2CC2)c1.Cl. The van der Waals surface area contributed by atoms with Gasteiger partial charge in [0.15, 0.2) is 0 Å². The van der Waals surface area contributed by atoms with Crippen LogP contribution < -0.4 is 15.4 Å². The molecule has 1 aliphatic carbocycles. The second-order valence-electron chi connectivity index (χ2n) is 5.26. The Morgan fingerprint density at radius 1 is 1.38 bits per heavy atom. The summed E-state index contributed by atoms with van der Waals surface area (Å²) in [4.78, 5) is 11.3. The van der Waals surface area contributed by atoms with Crippen LogP contribution >= 0.6 is 12.4 Å². The van der Waals surface area contributed by atoms with Crippen LogP contribution in [0.1, 0.15) is 12.8 Å². The molecule has 0 aromatic heterocycles. The fraction of sp³-hybridized carbons (Fsp3) is 0.500. The minimum Gasteiger partial charge on any atom is -0.383 e. The van der Waals surface area contributed by atoms with Crippen molar-refractivity contribution in [2.45, 2.75) is 23.8 Å². The van der Waals surface area contributed by atoms with Gasteiger partial charge in [0.2, 0.25) is 15.9 Å². The summed E-state index contributed by atoms with van der Waals surface area (Å²) in [5.74, 6) is -1.21. The van der Waals surface area contributed by atoms with E-state index in [1.165, 1.54) is 6.07 Å². The molecular weight excluding hydrogens is 361 g/mol. The number of ether oxygens (including phenoxy) is 1. The van der Waals surface area contributed by atoms with Crippen LogP contribution in [0.2, 0.25) is 0 Å². The van der Waals surface area contributed by atoms with E-state index in [-0.39, 0.29) is 36.6 Å². The lowest BCUT2D eigenvalue weighted by molar-refractivity contribution is -0.115. The molecule has 1 saturated carbocycles. The number of sulfonamides is 1. The molecule has 1 amide bonds. The Morgan fingerprint density at radius 3 is 2.71 bits per heavy atom. The van der Waals surface area contributed by atoms with Crippen LogP contribution in [-0.2, 0) is 19.6 Å². The standard InChI is InChI=1S/C14H20FN3O4S.ClH/c1-22-7-6-16-9-14(19)17-11-4-5-12(15)13(8-11)23(20,21)18-10-2-3-10;/h4-5,8,10,16,18H,2-3,6-7,9H2,1H3,(H,17,19);1H. The quantitative estimate of drug-likeness (QED) is 0.551. The monoisotopic (exact) mass is 381 g/mol. The Morgan fingerprint density at radius 2 is 2.08 bits per heavy atom. The Labute approximate surface area is 146 Å². The zero-order chi connectivity index (χ0) is 16.9. The number of rotatable bonds is 9. The molecule has 1 aromatic rings. The van der Waals surface area contributed by atoms with E-state index in [4.69, 9.17) is 4.74 Å². The highest BCUT2D eigenvalue weighted by Gasteiger charge is 2.29. The number of methoxy groups -OCH3 is 1. The lowest BCUT2D eigenvalue weighted by atomic mass is 10.3. The molecule has 0 heterocycles. The first-order valence-electron chi connectivity index (χ1n) is 7.24. The lowest BCUT2D eigenvalue weighted by Gasteiger charge is -2.10. The number of hydrogen-bond acceptors (Lipinski definition) is 5. The number of hydrogen-bond donors (Lipinski definition) is 3. The van der Waals surface area contributed by atoms with Gasteiger partial charge in [-0.05, 0) is 31.0 Å². The molecule has 24 heavy (non-hydrogen) atoms. The number of anilines is 1. The Balaban J connectivity index is 0.00000288. The van der Waals surface area contributed by atoms with Gasteiger partial charge >= 0.3 is 0 Å². The molecule has 1 aliphatic rings. The van der Waals surface area contributed by atoms with Gasteiger partial charge in [-0.3, -0.25) is 4.79 Å². The molecule has 2 rings (SSSR count). The summed E-state index contributed by atoms with van der Waals surface area (Å²) in [6, 6.07) is 3.34. The average molecular weight is 382 g/mol. The smallest absolute Gasteiger partial charge is 0.243 e. The van der Waals surface area contributed by atoms with E-state index in [2.05, 4.69) is 15.4 Å². The molecule has 10 heteroatoms. The summed E-state index contributed by atoms with van der Waals surface area (Å²) in [5.41, 5.74) is 0.223. The normalized spacial score (nSPS) is 14.1. The van der Waals surface area contributed by atoms with Crippen LogP contribution in [0.5, 0.6) is 0 Å². The third-order valence-electron chi connectivity index (χ3n) is 3.17. The molecule has 0 aliphatic heterocycles. The number of amides is 1. The number of carbonyl (C=O) groups excluding carboxylic acids is 1. The third kappa shape index (κ3) is 6.33. The first kappa shape index (κ1) is 20.8. The van der Waals surface area contributed by atoms with Gasteiger partial charge in [0.05, 0.1) is 13.2 Å². The van der Waals surface area contributed by atoms with E-state index in [0.29, 0.717) is 13.2 Å². The third-order valence-corrected chi connectivity index (χ3v) is 4.71. The van der Waals surface area contributed by atoms with Crippen molar-refractivity contribution >= 4 is 34.0 Å². The van der Waals surface area contributed by atoms with Crippen molar-refractivity contribution in [1.82, 2.24) is 10.0 Å². The summed E-state index contributed by atoms with van der Waals surface area (Å²) in [7, 11) is -2.37. The zero-order valence-corrected chi connectivity index (χ0v) is 14.8. The minimum absolute atomic E-state index is 0. The van der Waals surface area contributed by atoms with Crippen LogP contribution in [0, 0.1) is 5.82 Å². The molecule has 0 spiro atoms. The van der Waals surface area contributed by atoms with Crippen molar-refractivity contribution in [2.75, 3.05) is 32.1 Å². The van der Waals surface area contributed by atoms with Gasteiger partial charge < -0.3 is 15.4 Å². The maximum Gasteiger partial charge on any atom is 0.243 e. The van der Waals surface area contributed by atoms with E-state index in [9.17, 15) is 17.6 Å². The van der Waals surface area contributed by atoms with Gasteiger partial charge in [0.1, 0.15) is 10.7 Å². The van der Waals surface area contributed by atoms with Gasteiger partial charge in [0, 0.05) is 25.4 Å². The van der Waals surface area contributed by atoms with Crippen LogP contribution in [0.25, 0.3) is 0 Å². The zero-order valence-electron chi connectivity index (χ0n) is 13.2. The molecule has 0 unspecified atom stereocenters. The maximum atomic E-state index is 13.8. The first-order chi connectivity index (χ1) is 10.9. The first-order valence-corrected chi connectivity index (χ1v) is 8.72. The van der Waals surface area contributed by atoms with E-state index in [1.807, 2.05) is 0 Å². The van der Waals surface area contributed by atoms with Crippen LogP contribution in [-0.4, -0.2) is 47.2 Å². The predicted molar refractivity (Wildman–Crippen MR) is 90.4 cm³/mol. The largest absolute Gasteiger partial charge is 0.383 e. The van der Waals surface area contributed by atoms with Crippen molar-refractivity contribution < 1.29 is 22.3 Å². The fourth-order valence-corrected chi connectivity index (χ4v) is 3.26. The molecule has 1 fully saturated rings. The van der Waals surface area contributed by atoms with Crippen molar-refractivity contribution in [3.05, 3.63) is 24.0 Å². The molecule has 1 aromatic carbocycles. The van der Waals surface area contributed by atoms with Gasteiger partial charge in [-0.25, -0.2) is 17.5 Å². The van der Waals surface area contributed by atoms with Gasteiger partial charge in [0.25, 0.3) is 0 Å². The number of carbonyl (C=O) groups is 1. The number of nitrogens with one attached hydrogen (secondary N) is 3.